The molecule has 0 aliphatic rings. The third kappa shape index (κ3) is 5.34. The maximum Gasteiger partial charge on any atom is 0.136 e. The molecule has 1 aromatic heterocycles. The summed E-state index contributed by atoms with van der Waals surface area (Å²) in [4.78, 5) is 1.89. The lowest BCUT2D eigenvalue weighted by atomic mass is 9.93. The van der Waals surface area contributed by atoms with Crippen LogP contribution in [0.25, 0.3) is 87.6 Å². The van der Waals surface area contributed by atoms with Crippen LogP contribution in [0.5, 0.6) is 0 Å². The van der Waals surface area contributed by atoms with E-state index in [1.807, 2.05) is 126 Å². The quantitative estimate of drug-likeness (QED) is 0.159. The average Bonchev–Trinajstić information content (AvgIpc) is 3.70. The Balaban J connectivity index is 1.13. The van der Waals surface area contributed by atoms with Gasteiger partial charge in [0.15, 0.2) is 0 Å². The molecule has 2 nitrogen and oxygen atoms in total. The van der Waals surface area contributed by atoms with E-state index in [9.17, 15) is 5.48 Å². The Morgan fingerprint density at radius 3 is 1.82 bits per heavy atom. The van der Waals surface area contributed by atoms with Crippen LogP contribution in [-0.4, -0.2) is 0 Å². The van der Waals surface area contributed by atoms with Gasteiger partial charge in [0.25, 0.3) is 0 Å². The Kier molecular flexibility index (Phi) is 6.60. The Bertz CT molecular complexity index is 3460. The van der Waals surface area contributed by atoms with E-state index in [0.29, 0.717) is 11.3 Å². The van der Waals surface area contributed by atoms with Crippen molar-refractivity contribution in [3.05, 3.63) is 212 Å². The summed E-state index contributed by atoms with van der Waals surface area (Å²) in [5.74, 6) is 0. The van der Waals surface area contributed by atoms with Crippen molar-refractivity contribution in [2.45, 2.75) is 0 Å². The molecule has 0 radical (unpaired) electrons. The van der Waals surface area contributed by atoms with E-state index >= 15 is 0 Å². The molecule has 0 fully saturated rings. The molecule has 1 heterocycles. The zero-order chi connectivity index (χ0) is 40.5. The van der Waals surface area contributed by atoms with Crippen molar-refractivity contribution in [1.29, 1.82) is 0 Å². The van der Waals surface area contributed by atoms with Gasteiger partial charge in [-0.25, -0.2) is 0 Å². The fourth-order valence-electron chi connectivity index (χ4n) is 8.26. The Hall–Kier alpha value is -7.42. The van der Waals surface area contributed by atoms with Gasteiger partial charge in [-0.15, -0.1) is 0 Å². The number of hydrogen-bond acceptors (Lipinski definition) is 2. The number of anilines is 3. The number of hydrogen-bond donors (Lipinski definition) is 0. The van der Waals surface area contributed by atoms with Gasteiger partial charge in [0.2, 0.25) is 0 Å². The van der Waals surface area contributed by atoms with Gasteiger partial charge in [-0.2, -0.15) is 0 Å². The van der Waals surface area contributed by atoms with Crippen molar-refractivity contribution >= 4 is 71.3 Å². The fourth-order valence-corrected chi connectivity index (χ4v) is 8.26. The molecule has 56 heavy (non-hydrogen) atoms. The first-order chi connectivity index (χ1) is 29.4. The summed E-state index contributed by atoms with van der Waals surface area (Å²) >= 11 is 0. The molecular formula is C54H35NO. The van der Waals surface area contributed by atoms with Crippen molar-refractivity contribution < 1.29 is 9.90 Å². The van der Waals surface area contributed by atoms with Crippen LogP contribution in [0.2, 0.25) is 0 Å². The molecule has 0 aliphatic heterocycles. The molecule has 11 aromatic rings. The third-order valence-electron chi connectivity index (χ3n) is 10.9. The number of para-hydroxylation sites is 2. The van der Waals surface area contributed by atoms with Gasteiger partial charge < -0.3 is 9.32 Å². The molecule has 0 unspecified atom stereocenters. The molecule has 0 bridgehead atoms. The number of benzene rings is 10. The number of furan rings is 1. The van der Waals surface area contributed by atoms with Crippen LogP contribution < -0.4 is 4.90 Å². The second kappa shape index (κ2) is 13.2. The maximum absolute atomic E-state index is 9.72. The van der Waals surface area contributed by atoms with Crippen molar-refractivity contribution in [3.8, 4) is 33.4 Å². The minimum atomic E-state index is -0.124. The van der Waals surface area contributed by atoms with Gasteiger partial charge in [0.05, 0.1) is 11.2 Å². The van der Waals surface area contributed by atoms with Crippen molar-refractivity contribution in [2.24, 2.45) is 0 Å². The van der Waals surface area contributed by atoms with Gasteiger partial charge in [0, 0.05) is 27.7 Å². The summed E-state index contributed by atoms with van der Waals surface area (Å²) in [6.07, 6.45) is 0. The van der Waals surface area contributed by atoms with E-state index in [0.717, 1.165) is 82.2 Å². The average molecular weight is 718 g/mol. The maximum atomic E-state index is 9.72. The summed E-state index contributed by atoms with van der Waals surface area (Å²) < 4.78 is 44.9. The second-order valence-corrected chi connectivity index (χ2v) is 14.2. The fraction of sp³-hybridized carbons (Fsp3) is 0. The third-order valence-corrected chi connectivity index (χ3v) is 10.9. The first-order valence-electron chi connectivity index (χ1n) is 20.8. The van der Waals surface area contributed by atoms with E-state index < -0.39 is 0 Å². The van der Waals surface area contributed by atoms with Crippen LogP contribution in [0.15, 0.2) is 217 Å². The molecule has 262 valence electrons. The molecule has 0 N–H and O–H groups in total. The highest BCUT2D eigenvalue weighted by Crippen LogP contribution is 2.44. The van der Waals surface area contributed by atoms with Gasteiger partial charge in [-0.1, -0.05) is 152 Å². The Morgan fingerprint density at radius 1 is 0.357 bits per heavy atom. The molecule has 0 saturated heterocycles. The molecule has 2 heteroatoms. The molecule has 0 atom stereocenters. The van der Waals surface area contributed by atoms with Gasteiger partial charge in [-0.05, 0) is 121 Å². The van der Waals surface area contributed by atoms with Gasteiger partial charge in [0.1, 0.15) is 11.2 Å². The predicted octanol–water partition coefficient (Wildman–Crippen LogP) is 15.5. The van der Waals surface area contributed by atoms with E-state index in [1.165, 1.54) is 0 Å². The van der Waals surface area contributed by atoms with Gasteiger partial charge in [-0.3, -0.25) is 0 Å². The monoisotopic (exact) mass is 717 g/mol. The van der Waals surface area contributed by atoms with Crippen molar-refractivity contribution in [3.63, 3.8) is 0 Å². The molecule has 0 aliphatic carbocycles. The standard InChI is InChI=1S/C54H35NO/c1-3-13-36(14-4-1)49-33-40(39-24-23-38-28-32-53-54(50(38)34-39)47-21-11-12-22-52(47)56-53)27-31-51(49)55(42-16-5-2-6-17-42)43-29-25-37(26-30-43)48-35-41-15-7-8-18-44(41)45-19-9-10-20-46(45)48/h1-35H/i25D,26D,29D,30D. The highest BCUT2D eigenvalue weighted by atomic mass is 16.3. The molecule has 0 spiro atoms. The van der Waals surface area contributed by atoms with Crippen molar-refractivity contribution in [1.82, 2.24) is 0 Å². The molecular weight excluding hydrogens is 679 g/mol. The van der Waals surface area contributed by atoms with E-state index in [-0.39, 0.29) is 35.4 Å². The topological polar surface area (TPSA) is 16.4 Å². The van der Waals surface area contributed by atoms with Crippen LogP contribution in [-0.2, 0) is 0 Å². The van der Waals surface area contributed by atoms with E-state index in [4.69, 9.17) is 4.42 Å². The summed E-state index contributed by atoms with van der Waals surface area (Å²) in [5, 5.41) is 8.31. The van der Waals surface area contributed by atoms with Crippen molar-refractivity contribution in [2.75, 3.05) is 4.90 Å². The summed E-state index contributed by atoms with van der Waals surface area (Å²) in [7, 11) is 0. The zero-order valence-electron chi connectivity index (χ0n) is 34.3. The lowest BCUT2D eigenvalue weighted by Gasteiger charge is -2.28. The lowest BCUT2D eigenvalue weighted by Crippen LogP contribution is -2.11. The smallest absolute Gasteiger partial charge is 0.136 e. The highest BCUT2D eigenvalue weighted by Gasteiger charge is 2.19. The Morgan fingerprint density at radius 2 is 1.00 bits per heavy atom. The minimum absolute atomic E-state index is 0.0977. The zero-order valence-corrected chi connectivity index (χ0v) is 30.3. The first-order valence-corrected chi connectivity index (χ1v) is 18.8. The second-order valence-electron chi connectivity index (χ2n) is 14.2. The largest absolute Gasteiger partial charge is 0.456 e. The molecule has 11 rings (SSSR count). The first kappa shape index (κ1) is 28.1. The predicted molar refractivity (Wildman–Crippen MR) is 237 cm³/mol. The highest BCUT2D eigenvalue weighted by molar-refractivity contribution is 6.19. The molecule has 0 saturated carbocycles. The summed E-state index contributed by atoms with van der Waals surface area (Å²) in [5.41, 5.74) is 8.13. The van der Waals surface area contributed by atoms with Crippen LogP contribution >= 0.6 is 0 Å². The van der Waals surface area contributed by atoms with Crippen LogP contribution in [0.3, 0.4) is 0 Å². The van der Waals surface area contributed by atoms with Gasteiger partial charge >= 0.3 is 0 Å². The van der Waals surface area contributed by atoms with Crippen LogP contribution in [0.4, 0.5) is 17.1 Å². The number of nitrogens with zero attached hydrogens (tertiary/aromatic N) is 1. The lowest BCUT2D eigenvalue weighted by molar-refractivity contribution is 0.669. The normalized spacial score (nSPS) is 12.6. The minimum Gasteiger partial charge on any atom is -0.456 e. The van der Waals surface area contributed by atoms with E-state index in [2.05, 4.69) is 66.7 Å². The molecule has 10 aromatic carbocycles. The van der Waals surface area contributed by atoms with E-state index in [1.54, 1.807) is 0 Å². The number of rotatable bonds is 6. The number of fused-ring (bicyclic) bond motifs is 8. The summed E-state index contributed by atoms with van der Waals surface area (Å²) in [6.45, 7) is 0. The van der Waals surface area contributed by atoms with Crippen LogP contribution in [0.1, 0.15) is 5.48 Å². The Labute approximate surface area is 330 Å². The molecule has 0 amide bonds. The summed E-state index contributed by atoms with van der Waals surface area (Å²) in [6, 6.07) is 62.6. The SMILES string of the molecule is [2H]c1c([2H])c(N(c2ccccc2)c2ccc(-c3ccc4ccc5oc6ccccc6c5c4c3)cc2-c2ccccc2)c([2H])c([2H])c1-c1cc2ccccc2c2ccccc12. The van der Waals surface area contributed by atoms with Crippen LogP contribution in [0, 0.1) is 0 Å².